The third kappa shape index (κ3) is 4.34. The number of piperidine rings is 1. The number of benzene rings is 1. The van der Waals surface area contributed by atoms with E-state index in [9.17, 15) is 15.0 Å². The molecule has 0 radical (unpaired) electrons. The van der Waals surface area contributed by atoms with E-state index >= 15 is 0 Å². The van der Waals surface area contributed by atoms with Crippen molar-refractivity contribution in [3.8, 4) is 11.5 Å². The van der Waals surface area contributed by atoms with Crippen LogP contribution in [0.2, 0.25) is 0 Å². The Morgan fingerprint density at radius 3 is 2.67 bits per heavy atom. The number of rotatable bonds is 4. The molecule has 6 nitrogen and oxygen atoms in total. The van der Waals surface area contributed by atoms with Gasteiger partial charge in [0.25, 0.3) is 0 Å². The Hall–Kier alpha value is -1.79. The van der Waals surface area contributed by atoms with E-state index in [1.165, 1.54) is 12.1 Å². The first-order valence-corrected chi connectivity index (χ1v) is 7.11. The van der Waals surface area contributed by atoms with Crippen LogP contribution in [0.1, 0.15) is 18.4 Å². The summed E-state index contributed by atoms with van der Waals surface area (Å²) in [7, 11) is 2.04. The monoisotopic (exact) mass is 294 g/mol. The third-order valence-electron chi connectivity index (χ3n) is 3.75. The van der Waals surface area contributed by atoms with Crippen LogP contribution in [-0.4, -0.2) is 53.4 Å². The minimum Gasteiger partial charge on any atom is -0.504 e. The summed E-state index contributed by atoms with van der Waals surface area (Å²) in [5.41, 5.74) is 6.53. The number of hydrogen-bond donors (Lipinski definition) is 3. The van der Waals surface area contributed by atoms with Crippen molar-refractivity contribution in [2.75, 3.05) is 20.1 Å². The van der Waals surface area contributed by atoms with Gasteiger partial charge in [0.05, 0.1) is 0 Å². The number of aromatic hydroxyl groups is 2. The molecule has 1 heterocycles. The number of ether oxygens (including phenoxy) is 1. The van der Waals surface area contributed by atoms with E-state index in [4.69, 9.17) is 10.5 Å². The summed E-state index contributed by atoms with van der Waals surface area (Å²) >= 11 is 0. The maximum Gasteiger partial charge on any atom is 0.323 e. The van der Waals surface area contributed by atoms with Crippen molar-refractivity contribution in [2.45, 2.75) is 31.4 Å². The second kappa shape index (κ2) is 6.78. The Balaban J connectivity index is 1.86. The first-order valence-electron chi connectivity index (χ1n) is 7.11. The highest BCUT2D eigenvalue weighted by atomic mass is 16.5. The lowest BCUT2D eigenvalue weighted by atomic mass is 10.1. The van der Waals surface area contributed by atoms with Crippen molar-refractivity contribution in [3.05, 3.63) is 23.8 Å². The Kier molecular flexibility index (Phi) is 5.03. The van der Waals surface area contributed by atoms with Gasteiger partial charge in [-0.05, 0) is 44.0 Å². The molecule has 116 valence electrons. The summed E-state index contributed by atoms with van der Waals surface area (Å²) in [6.07, 6.45) is 1.86. The van der Waals surface area contributed by atoms with Crippen LogP contribution in [0.5, 0.6) is 11.5 Å². The van der Waals surface area contributed by atoms with E-state index in [0.717, 1.165) is 25.9 Å². The van der Waals surface area contributed by atoms with Crippen LogP contribution in [0.15, 0.2) is 18.2 Å². The number of nitrogens with zero attached hydrogens (tertiary/aromatic N) is 1. The van der Waals surface area contributed by atoms with Crippen LogP contribution in [0.4, 0.5) is 0 Å². The van der Waals surface area contributed by atoms with Crippen LogP contribution in [0.25, 0.3) is 0 Å². The number of esters is 1. The summed E-state index contributed by atoms with van der Waals surface area (Å²) in [6, 6.07) is 3.63. The van der Waals surface area contributed by atoms with E-state index < -0.39 is 12.0 Å². The molecule has 4 N–H and O–H groups in total. The van der Waals surface area contributed by atoms with Crippen LogP contribution in [-0.2, 0) is 16.0 Å². The van der Waals surface area contributed by atoms with Crippen molar-refractivity contribution in [1.82, 2.24) is 4.90 Å². The number of likely N-dealkylation sites (tertiary alicyclic amines) is 1. The SMILES string of the molecule is CN1CCC(OC(=O)C(N)Cc2ccc(O)c(O)c2)CC1. The zero-order valence-corrected chi connectivity index (χ0v) is 12.2. The van der Waals surface area contributed by atoms with Crippen molar-refractivity contribution in [2.24, 2.45) is 5.73 Å². The van der Waals surface area contributed by atoms with Gasteiger partial charge < -0.3 is 25.6 Å². The second-order valence-corrected chi connectivity index (χ2v) is 5.57. The molecule has 1 atom stereocenters. The van der Waals surface area contributed by atoms with Gasteiger partial charge in [0.1, 0.15) is 12.1 Å². The van der Waals surface area contributed by atoms with Crippen LogP contribution in [0, 0.1) is 0 Å². The molecule has 0 spiro atoms. The lowest BCUT2D eigenvalue weighted by Crippen LogP contribution is -2.40. The number of hydrogen-bond acceptors (Lipinski definition) is 6. The molecule has 0 aromatic heterocycles. The van der Waals surface area contributed by atoms with E-state index in [2.05, 4.69) is 4.90 Å². The second-order valence-electron chi connectivity index (χ2n) is 5.57. The number of carbonyl (C=O) groups excluding carboxylic acids is 1. The van der Waals surface area contributed by atoms with Crippen molar-refractivity contribution < 1.29 is 19.7 Å². The summed E-state index contributed by atoms with van der Waals surface area (Å²) in [4.78, 5) is 14.2. The molecule has 6 heteroatoms. The maximum atomic E-state index is 12.0. The number of nitrogens with two attached hydrogens (primary N) is 1. The standard InChI is InChI=1S/C15H22N2O4/c1-17-6-4-11(5-7-17)21-15(20)12(16)8-10-2-3-13(18)14(19)9-10/h2-3,9,11-12,18-19H,4-8,16H2,1H3. The highest BCUT2D eigenvalue weighted by molar-refractivity contribution is 5.76. The zero-order valence-electron chi connectivity index (χ0n) is 12.2. The van der Waals surface area contributed by atoms with Gasteiger partial charge in [0.2, 0.25) is 0 Å². The molecule has 1 fully saturated rings. The normalized spacial score (nSPS) is 18.4. The van der Waals surface area contributed by atoms with Gasteiger partial charge >= 0.3 is 5.97 Å². The summed E-state index contributed by atoms with van der Waals surface area (Å²) < 4.78 is 5.43. The van der Waals surface area contributed by atoms with Crippen LogP contribution < -0.4 is 5.73 Å². The lowest BCUT2D eigenvalue weighted by Gasteiger charge is -2.29. The topological polar surface area (TPSA) is 96.0 Å². The number of carbonyl (C=O) groups is 1. The predicted octanol–water partition coefficient (Wildman–Crippen LogP) is 0.605. The predicted molar refractivity (Wildman–Crippen MR) is 78.1 cm³/mol. The largest absolute Gasteiger partial charge is 0.504 e. The molecule has 1 aromatic carbocycles. The van der Waals surface area contributed by atoms with E-state index in [1.807, 2.05) is 7.05 Å². The third-order valence-corrected chi connectivity index (χ3v) is 3.75. The van der Waals surface area contributed by atoms with Gasteiger partial charge in [0, 0.05) is 13.1 Å². The quantitative estimate of drug-likeness (QED) is 0.556. The fraction of sp³-hybridized carbons (Fsp3) is 0.533. The van der Waals surface area contributed by atoms with Gasteiger partial charge in [-0.15, -0.1) is 0 Å². The molecule has 1 unspecified atom stereocenters. The molecule has 21 heavy (non-hydrogen) atoms. The highest BCUT2D eigenvalue weighted by Gasteiger charge is 2.23. The Labute approximate surface area is 124 Å². The van der Waals surface area contributed by atoms with Crippen molar-refractivity contribution in [1.29, 1.82) is 0 Å². The summed E-state index contributed by atoms with van der Waals surface area (Å²) in [6.45, 7) is 1.83. The Bertz CT molecular complexity index is 498. The van der Waals surface area contributed by atoms with E-state index in [-0.39, 0.29) is 24.0 Å². The molecule has 1 aromatic rings. The molecule has 1 aliphatic heterocycles. The van der Waals surface area contributed by atoms with Gasteiger partial charge in [-0.2, -0.15) is 0 Å². The minimum atomic E-state index is -0.770. The molecular weight excluding hydrogens is 272 g/mol. The number of phenols is 2. The van der Waals surface area contributed by atoms with Gasteiger partial charge in [-0.1, -0.05) is 6.07 Å². The molecule has 1 saturated heterocycles. The Morgan fingerprint density at radius 2 is 2.05 bits per heavy atom. The first-order chi connectivity index (χ1) is 9.95. The summed E-state index contributed by atoms with van der Waals surface area (Å²) in [5.74, 6) is -0.832. The van der Waals surface area contributed by atoms with Crippen LogP contribution >= 0.6 is 0 Å². The lowest BCUT2D eigenvalue weighted by molar-refractivity contribution is -0.152. The molecule has 1 aliphatic rings. The number of phenolic OH excluding ortho intramolecular Hbond substituents is 2. The van der Waals surface area contributed by atoms with E-state index in [1.54, 1.807) is 6.07 Å². The molecule has 0 saturated carbocycles. The highest BCUT2D eigenvalue weighted by Crippen LogP contribution is 2.25. The zero-order chi connectivity index (χ0) is 15.4. The van der Waals surface area contributed by atoms with Crippen molar-refractivity contribution >= 4 is 5.97 Å². The van der Waals surface area contributed by atoms with Gasteiger partial charge in [-0.3, -0.25) is 4.79 Å². The molecule has 0 bridgehead atoms. The molecule has 0 aliphatic carbocycles. The van der Waals surface area contributed by atoms with Gasteiger partial charge in [-0.25, -0.2) is 0 Å². The fourth-order valence-electron chi connectivity index (χ4n) is 2.39. The summed E-state index contributed by atoms with van der Waals surface area (Å²) in [5, 5.41) is 18.7. The molecular formula is C15H22N2O4. The first kappa shape index (κ1) is 15.6. The van der Waals surface area contributed by atoms with Crippen LogP contribution in [0.3, 0.4) is 0 Å². The van der Waals surface area contributed by atoms with Gasteiger partial charge in [0.15, 0.2) is 11.5 Å². The van der Waals surface area contributed by atoms with E-state index in [0.29, 0.717) is 5.56 Å². The van der Waals surface area contributed by atoms with Crippen molar-refractivity contribution in [3.63, 3.8) is 0 Å². The maximum absolute atomic E-state index is 12.0. The minimum absolute atomic E-state index is 0.0621. The fourth-order valence-corrected chi connectivity index (χ4v) is 2.39. The molecule has 2 rings (SSSR count). The smallest absolute Gasteiger partial charge is 0.323 e. The molecule has 0 amide bonds. The average molecular weight is 294 g/mol. The Morgan fingerprint density at radius 1 is 1.38 bits per heavy atom. The average Bonchev–Trinajstić information content (AvgIpc) is 2.45.